The van der Waals surface area contributed by atoms with Gasteiger partial charge < -0.3 is 4.74 Å². The lowest BCUT2D eigenvalue weighted by Gasteiger charge is -2.13. The van der Waals surface area contributed by atoms with E-state index in [0.717, 1.165) is 11.6 Å². The van der Waals surface area contributed by atoms with E-state index < -0.39 is 11.7 Å². The molecule has 1 fully saturated rings. The van der Waals surface area contributed by atoms with E-state index in [2.05, 4.69) is 0 Å². The molecule has 2 rings (SSSR count). The number of rotatable bonds is 1. The van der Waals surface area contributed by atoms with Crippen molar-refractivity contribution < 1.29 is 17.9 Å². The van der Waals surface area contributed by atoms with Crippen LogP contribution in [0, 0.1) is 6.92 Å². The lowest BCUT2D eigenvalue weighted by molar-refractivity contribution is -0.137. The number of epoxide rings is 1. The monoisotopic (exact) mass is 216 g/mol. The lowest BCUT2D eigenvalue weighted by atomic mass is 9.95. The van der Waals surface area contributed by atoms with Crippen LogP contribution in [-0.4, -0.2) is 6.61 Å². The summed E-state index contributed by atoms with van der Waals surface area (Å²) >= 11 is 0. The molecule has 0 radical (unpaired) electrons. The van der Waals surface area contributed by atoms with Crippen molar-refractivity contribution in [2.45, 2.75) is 25.6 Å². The van der Waals surface area contributed by atoms with E-state index in [1.54, 1.807) is 6.92 Å². The summed E-state index contributed by atoms with van der Waals surface area (Å²) in [6.45, 7) is 4.14. The van der Waals surface area contributed by atoms with Gasteiger partial charge in [0.2, 0.25) is 0 Å². The number of halogens is 3. The van der Waals surface area contributed by atoms with Crippen LogP contribution in [0.4, 0.5) is 13.2 Å². The highest BCUT2D eigenvalue weighted by atomic mass is 19.4. The third-order valence-electron chi connectivity index (χ3n) is 2.70. The highest BCUT2D eigenvalue weighted by Crippen LogP contribution is 2.41. The summed E-state index contributed by atoms with van der Waals surface area (Å²) in [4.78, 5) is 0. The van der Waals surface area contributed by atoms with Crippen LogP contribution in [0.1, 0.15) is 23.6 Å². The Balaban J connectivity index is 2.40. The van der Waals surface area contributed by atoms with Gasteiger partial charge in [0.1, 0.15) is 5.60 Å². The maximum atomic E-state index is 12.4. The van der Waals surface area contributed by atoms with Gasteiger partial charge in [0.15, 0.2) is 0 Å². The molecule has 0 aromatic heterocycles. The Morgan fingerprint density at radius 1 is 1.33 bits per heavy atom. The maximum Gasteiger partial charge on any atom is 0.416 e. The zero-order valence-electron chi connectivity index (χ0n) is 8.48. The quantitative estimate of drug-likeness (QED) is 0.656. The SMILES string of the molecule is Cc1cc(C(F)(F)F)ccc1C1(C)CO1. The fourth-order valence-electron chi connectivity index (χ4n) is 1.70. The van der Waals surface area contributed by atoms with E-state index in [1.807, 2.05) is 6.92 Å². The number of hydrogen-bond donors (Lipinski definition) is 0. The van der Waals surface area contributed by atoms with Crippen LogP contribution >= 0.6 is 0 Å². The highest BCUT2D eigenvalue weighted by molar-refractivity contribution is 5.38. The Labute approximate surface area is 85.9 Å². The zero-order valence-corrected chi connectivity index (χ0v) is 8.48. The molecular formula is C11H11F3O. The number of benzene rings is 1. The van der Waals surface area contributed by atoms with E-state index in [9.17, 15) is 13.2 Å². The summed E-state index contributed by atoms with van der Waals surface area (Å²) in [6.07, 6.45) is -4.27. The molecule has 1 heterocycles. The Kier molecular flexibility index (Phi) is 2.08. The average Bonchev–Trinajstić information content (AvgIpc) is 2.82. The summed E-state index contributed by atoms with van der Waals surface area (Å²) < 4.78 is 42.3. The third-order valence-corrected chi connectivity index (χ3v) is 2.70. The predicted molar refractivity (Wildman–Crippen MR) is 49.5 cm³/mol. The molecule has 0 saturated carbocycles. The third kappa shape index (κ3) is 1.86. The number of ether oxygens (including phenoxy) is 1. The Bertz CT molecular complexity index is 391. The molecule has 0 N–H and O–H groups in total. The predicted octanol–water partition coefficient (Wildman–Crippen LogP) is 3.26. The van der Waals surface area contributed by atoms with Gasteiger partial charge in [-0.3, -0.25) is 0 Å². The van der Waals surface area contributed by atoms with Crippen molar-refractivity contribution in [1.82, 2.24) is 0 Å². The molecule has 1 unspecified atom stereocenters. The van der Waals surface area contributed by atoms with Crippen LogP contribution in [0.15, 0.2) is 18.2 Å². The minimum absolute atomic E-state index is 0.367. The molecule has 0 aliphatic carbocycles. The summed E-state index contributed by atoms with van der Waals surface area (Å²) in [7, 11) is 0. The minimum atomic E-state index is -4.27. The van der Waals surface area contributed by atoms with Gasteiger partial charge in [-0.25, -0.2) is 0 Å². The lowest BCUT2D eigenvalue weighted by Crippen LogP contribution is -2.09. The Hall–Kier alpha value is -1.03. The molecule has 4 heteroatoms. The largest absolute Gasteiger partial charge is 0.416 e. The molecule has 1 aliphatic rings. The van der Waals surface area contributed by atoms with Gasteiger partial charge in [-0.05, 0) is 37.1 Å². The van der Waals surface area contributed by atoms with Crippen LogP contribution in [0.2, 0.25) is 0 Å². The first kappa shape index (κ1) is 10.5. The molecule has 82 valence electrons. The van der Waals surface area contributed by atoms with Crippen molar-refractivity contribution in [2.24, 2.45) is 0 Å². The van der Waals surface area contributed by atoms with Crippen molar-refractivity contribution in [1.29, 1.82) is 0 Å². The van der Waals surface area contributed by atoms with E-state index in [4.69, 9.17) is 4.74 Å². The van der Waals surface area contributed by atoms with Crippen molar-refractivity contribution in [3.63, 3.8) is 0 Å². The van der Waals surface area contributed by atoms with Gasteiger partial charge in [0.05, 0.1) is 12.2 Å². The van der Waals surface area contributed by atoms with E-state index in [0.29, 0.717) is 12.2 Å². The Morgan fingerprint density at radius 3 is 2.33 bits per heavy atom. The molecule has 15 heavy (non-hydrogen) atoms. The zero-order chi connectivity index (χ0) is 11.3. The van der Waals surface area contributed by atoms with Crippen LogP contribution in [0.3, 0.4) is 0 Å². The maximum absolute atomic E-state index is 12.4. The second kappa shape index (κ2) is 2.98. The van der Waals surface area contributed by atoms with Gasteiger partial charge >= 0.3 is 6.18 Å². The van der Waals surface area contributed by atoms with Gasteiger partial charge in [0.25, 0.3) is 0 Å². The molecule has 1 saturated heterocycles. The summed E-state index contributed by atoms with van der Waals surface area (Å²) in [5.41, 5.74) is 0.502. The van der Waals surface area contributed by atoms with Crippen molar-refractivity contribution in [3.05, 3.63) is 34.9 Å². The normalized spacial score (nSPS) is 25.4. The molecule has 1 aromatic rings. The van der Waals surface area contributed by atoms with Crippen LogP contribution in [0.25, 0.3) is 0 Å². The standard InChI is InChI=1S/C11H11F3O/c1-7-5-8(11(12,13)14)3-4-9(7)10(2)6-15-10/h3-5H,6H2,1-2H3. The second-order valence-electron chi connectivity index (χ2n) is 4.05. The summed E-state index contributed by atoms with van der Waals surface area (Å²) in [5.74, 6) is 0. The van der Waals surface area contributed by atoms with Crippen molar-refractivity contribution >= 4 is 0 Å². The van der Waals surface area contributed by atoms with Gasteiger partial charge in [-0.15, -0.1) is 0 Å². The molecule has 0 amide bonds. The molecule has 1 nitrogen and oxygen atoms in total. The molecule has 0 bridgehead atoms. The first-order chi connectivity index (χ1) is 6.83. The number of aryl methyl sites for hydroxylation is 1. The van der Waals surface area contributed by atoms with Crippen LogP contribution in [-0.2, 0) is 16.5 Å². The van der Waals surface area contributed by atoms with Crippen molar-refractivity contribution in [3.8, 4) is 0 Å². The van der Waals surface area contributed by atoms with Gasteiger partial charge in [-0.2, -0.15) is 13.2 Å². The number of alkyl halides is 3. The minimum Gasteiger partial charge on any atom is -0.365 e. The molecule has 1 atom stereocenters. The van der Waals surface area contributed by atoms with Crippen LogP contribution < -0.4 is 0 Å². The second-order valence-corrected chi connectivity index (χ2v) is 4.05. The molecule has 1 aliphatic heterocycles. The Morgan fingerprint density at radius 2 is 1.93 bits per heavy atom. The average molecular weight is 216 g/mol. The van der Waals surface area contributed by atoms with E-state index in [1.165, 1.54) is 12.1 Å². The van der Waals surface area contributed by atoms with Crippen molar-refractivity contribution in [2.75, 3.05) is 6.61 Å². The fourth-order valence-corrected chi connectivity index (χ4v) is 1.70. The smallest absolute Gasteiger partial charge is 0.365 e. The summed E-state index contributed by atoms with van der Waals surface area (Å²) in [5, 5.41) is 0. The summed E-state index contributed by atoms with van der Waals surface area (Å²) in [6, 6.07) is 3.78. The highest BCUT2D eigenvalue weighted by Gasteiger charge is 2.42. The number of hydrogen-bond acceptors (Lipinski definition) is 1. The molecule has 1 aromatic carbocycles. The van der Waals surface area contributed by atoms with Gasteiger partial charge in [-0.1, -0.05) is 6.07 Å². The van der Waals surface area contributed by atoms with E-state index in [-0.39, 0.29) is 5.60 Å². The topological polar surface area (TPSA) is 12.5 Å². The first-order valence-electron chi connectivity index (χ1n) is 4.65. The molecule has 0 spiro atoms. The van der Waals surface area contributed by atoms with E-state index >= 15 is 0 Å². The van der Waals surface area contributed by atoms with Crippen LogP contribution in [0.5, 0.6) is 0 Å². The fraction of sp³-hybridized carbons (Fsp3) is 0.455. The first-order valence-corrected chi connectivity index (χ1v) is 4.65. The van der Waals surface area contributed by atoms with Gasteiger partial charge in [0, 0.05) is 0 Å². The molecular weight excluding hydrogens is 205 g/mol.